The van der Waals surface area contributed by atoms with Crippen LogP contribution in [0.25, 0.3) is 0 Å². The molecular weight excluding hydrogens is 443 g/mol. The van der Waals surface area contributed by atoms with Gasteiger partial charge in [0.25, 0.3) is 0 Å². The van der Waals surface area contributed by atoms with Crippen LogP contribution in [0.15, 0.2) is 24.3 Å². The molecule has 2 rings (SSSR count). The van der Waals surface area contributed by atoms with E-state index >= 15 is 0 Å². The van der Waals surface area contributed by atoms with Gasteiger partial charge in [-0.05, 0) is 0 Å². The van der Waals surface area contributed by atoms with Crippen molar-refractivity contribution in [2.75, 3.05) is 0 Å². The third kappa shape index (κ3) is 8.29. The molecule has 0 unspecified atom stereocenters. The van der Waals surface area contributed by atoms with Crippen molar-refractivity contribution in [1.82, 2.24) is 0 Å². The third-order valence-corrected chi connectivity index (χ3v) is 4.49. The van der Waals surface area contributed by atoms with Gasteiger partial charge in [0.05, 0.1) is 0 Å². The maximum atomic E-state index is 2.31. The summed E-state index contributed by atoms with van der Waals surface area (Å²) < 4.78 is 0. The van der Waals surface area contributed by atoms with Crippen LogP contribution in [-0.2, 0) is 38.7 Å². The van der Waals surface area contributed by atoms with Crippen molar-refractivity contribution < 1.29 is 25.8 Å². The smallest absolute Gasteiger partial charge is 0 e. The molecule has 0 radical (unpaired) electrons. The maximum Gasteiger partial charge on any atom is 0 e. The summed E-state index contributed by atoms with van der Waals surface area (Å²) in [5.41, 5.74) is 8.79. The summed E-state index contributed by atoms with van der Waals surface area (Å²) >= 11 is 0. The summed E-state index contributed by atoms with van der Waals surface area (Å²) in [6, 6.07) is 9.24. The molecule has 0 saturated carbocycles. The fourth-order valence-corrected chi connectivity index (χ4v) is 2.70. The number of hydrogen-bond acceptors (Lipinski definition) is 0. The minimum absolute atomic E-state index is 0. The van der Waals surface area contributed by atoms with Gasteiger partial charge in [-0.3, -0.25) is 0 Å². The molecule has 0 atom stereocenters. The van der Waals surface area contributed by atoms with Gasteiger partial charge in [0.1, 0.15) is 0 Å². The number of rotatable bonds is 6. The molecule has 0 nitrogen and oxygen atoms in total. The van der Waals surface area contributed by atoms with Crippen LogP contribution < -0.4 is 0 Å². The second-order valence-corrected chi connectivity index (χ2v) is 6.67. The predicted octanol–water partition coefficient (Wildman–Crippen LogP) is 6.73. The van der Waals surface area contributed by atoms with E-state index < -0.39 is 0 Å². The molecule has 0 saturated heterocycles. The van der Waals surface area contributed by atoms with E-state index in [1.807, 2.05) is 0 Å². The standard InChI is InChI=1S/2C11H17.Hf/c2*1-4-5-6-11-7-9(2)10(3)8-11;/h2*7-8H,4-6H2,1-3H3;/q2*-1;. The zero-order chi connectivity index (χ0) is 16.5. The first-order valence-corrected chi connectivity index (χ1v) is 8.93. The van der Waals surface area contributed by atoms with Crippen LogP contribution in [0.1, 0.15) is 72.9 Å². The Morgan fingerprint density at radius 2 is 1.09 bits per heavy atom. The van der Waals surface area contributed by atoms with E-state index in [0.717, 1.165) is 0 Å². The van der Waals surface area contributed by atoms with Gasteiger partial charge in [0.2, 0.25) is 0 Å². The molecule has 0 heterocycles. The van der Waals surface area contributed by atoms with E-state index in [4.69, 9.17) is 0 Å². The van der Waals surface area contributed by atoms with Crippen LogP contribution >= 0.6 is 0 Å². The quantitative estimate of drug-likeness (QED) is 0.320. The van der Waals surface area contributed by atoms with Crippen molar-refractivity contribution in [3.8, 4) is 0 Å². The number of unbranched alkanes of at least 4 members (excludes halogenated alkanes) is 2. The van der Waals surface area contributed by atoms with Crippen molar-refractivity contribution in [3.63, 3.8) is 0 Å². The molecular formula is C22H34Hf-2. The number of hydrogen-bond donors (Lipinski definition) is 0. The van der Waals surface area contributed by atoms with E-state index in [1.165, 1.54) is 71.9 Å². The maximum absolute atomic E-state index is 2.31. The zero-order valence-electron chi connectivity index (χ0n) is 16.1. The molecule has 0 amide bonds. The Morgan fingerprint density at radius 1 is 0.739 bits per heavy atom. The first-order valence-electron chi connectivity index (χ1n) is 8.93. The second-order valence-electron chi connectivity index (χ2n) is 6.67. The van der Waals surface area contributed by atoms with Crippen molar-refractivity contribution in [2.24, 2.45) is 0 Å². The zero-order valence-corrected chi connectivity index (χ0v) is 19.6. The molecule has 23 heavy (non-hydrogen) atoms. The molecule has 0 aromatic heterocycles. The topological polar surface area (TPSA) is 0 Å². The Labute approximate surface area is 163 Å². The van der Waals surface area contributed by atoms with Gasteiger partial charge in [0, 0.05) is 25.8 Å². The fourth-order valence-electron chi connectivity index (χ4n) is 2.70. The summed E-state index contributed by atoms with van der Waals surface area (Å²) in [6.07, 6.45) is 7.74. The second kappa shape index (κ2) is 12.0. The molecule has 0 aliphatic carbocycles. The van der Waals surface area contributed by atoms with Crippen LogP contribution in [0.2, 0.25) is 0 Å². The Hall–Kier alpha value is -0.430. The molecule has 0 aliphatic rings. The van der Waals surface area contributed by atoms with Crippen LogP contribution in [0, 0.1) is 27.7 Å². The predicted molar refractivity (Wildman–Crippen MR) is 100 cm³/mol. The average molecular weight is 477 g/mol. The van der Waals surface area contributed by atoms with Crippen molar-refractivity contribution in [1.29, 1.82) is 0 Å². The molecule has 0 N–H and O–H groups in total. The Balaban J connectivity index is 0.000000403. The van der Waals surface area contributed by atoms with Gasteiger partial charge in [-0.25, -0.2) is 12.1 Å². The van der Waals surface area contributed by atoms with E-state index in [2.05, 4.69) is 65.8 Å². The van der Waals surface area contributed by atoms with Crippen LogP contribution in [0.3, 0.4) is 0 Å². The van der Waals surface area contributed by atoms with E-state index in [9.17, 15) is 0 Å². The summed E-state index contributed by atoms with van der Waals surface area (Å²) in [7, 11) is 0. The average Bonchev–Trinajstić information content (AvgIpc) is 2.98. The van der Waals surface area contributed by atoms with Gasteiger partial charge in [-0.15, -0.1) is 0 Å². The van der Waals surface area contributed by atoms with Crippen molar-refractivity contribution >= 4 is 0 Å². The Bertz CT molecular complexity index is 453. The minimum Gasteiger partial charge on any atom is -0.207 e. The van der Waals surface area contributed by atoms with Crippen molar-refractivity contribution in [2.45, 2.75) is 80.1 Å². The molecule has 0 fully saturated rings. The monoisotopic (exact) mass is 478 g/mol. The van der Waals surface area contributed by atoms with E-state index in [1.54, 1.807) is 0 Å². The number of aryl methyl sites for hydroxylation is 6. The summed E-state index contributed by atoms with van der Waals surface area (Å²) in [6.45, 7) is 13.2. The first-order chi connectivity index (χ1) is 10.5. The Kier molecular flexibility index (Phi) is 11.8. The van der Waals surface area contributed by atoms with Gasteiger partial charge < -0.3 is 0 Å². The SMILES string of the molecule is CCCCc1cc(C)[c-](C)c1.CCCCc1cc(C)[c-](C)c1.[Hf]. The molecule has 2 aromatic carbocycles. The van der Waals surface area contributed by atoms with E-state index in [0.29, 0.717) is 0 Å². The van der Waals surface area contributed by atoms with Gasteiger partial charge in [-0.1, -0.05) is 80.1 Å². The Morgan fingerprint density at radius 3 is 1.30 bits per heavy atom. The van der Waals surface area contributed by atoms with Crippen LogP contribution in [0.5, 0.6) is 0 Å². The molecule has 0 aliphatic heterocycles. The first kappa shape index (κ1) is 22.6. The summed E-state index contributed by atoms with van der Waals surface area (Å²) in [4.78, 5) is 0. The third-order valence-electron chi connectivity index (χ3n) is 4.49. The summed E-state index contributed by atoms with van der Waals surface area (Å²) in [5.74, 6) is 0. The van der Waals surface area contributed by atoms with Crippen LogP contribution in [-0.4, -0.2) is 0 Å². The largest absolute Gasteiger partial charge is 0.207 e. The van der Waals surface area contributed by atoms with Gasteiger partial charge in [0.15, 0.2) is 0 Å². The minimum atomic E-state index is 0. The molecule has 0 spiro atoms. The van der Waals surface area contributed by atoms with Crippen molar-refractivity contribution in [3.05, 3.63) is 57.6 Å². The van der Waals surface area contributed by atoms with Gasteiger partial charge in [-0.2, -0.15) is 45.5 Å². The summed E-state index contributed by atoms with van der Waals surface area (Å²) in [5, 5.41) is 0. The molecule has 128 valence electrons. The molecule has 1 heteroatoms. The molecule has 0 bridgehead atoms. The fraction of sp³-hybridized carbons (Fsp3) is 0.545. The van der Waals surface area contributed by atoms with E-state index in [-0.39, 0.29) is 25.8 Å². The van der Waals surface area contributed by atoms with Gasteiger partial charge >= 0.3 is 0 Å². The molecule has 2 aromatic rings. The normalized spacial score (nSPS) is 10.0. The van der Waals surface area contributed by atoms with Crippen LogP contribution in [0.4, 0.5) is 0 Å².